The molecule has 104 valence electrons. The lowest BCUT2D eigenvalue weighted by atomic mass is 10.1. The summed E-state index contributed by atoms with van der Waals surface area (Å²) in [7, 11) is 3.95. The lowest BCUT2D eigenvalue weighted by molar-refractivity contribution is 0.0597. The standard InChI is InChI=1S/C15H14O5/c1-18-13-11(14(16)19-2)9-7-5-4-6-8-10(9)12(13)15(17)20-3/h4-8H,1-3H3. The van der Waals surface area contributed by atoms with Crippen molar-refractivity contribution >= 4 is 11.9 Å². The fraction of sp³-hybridized carbons (Fsp3) is 0.200. The first-order chi connectivity index (χ1) is 9.65. The Hall–Kier alpha value is -2.56. The molecule has 0 radical (unpaired) electrons. The largest absolute Gasteiger partial charge is 0.495 e. The number of rotatable bonds is 3. The van der Waals surface area contributed by atoms with Crippen LogP contribution in [0.2, 0.25) is 0 Å². The average molecular weight is 274 g/mol. The number of hydrogen-bond donors (Lipinski definition) is 0. The van der Waals surface area contributed by atoms with Gasteiger partial charge in [0, 0.05) is 11.1 Å². The van der Waals surface area contributed by atoms with E-state index in [9.17, 15) is 9.59 Å². The van der Waals surface area contributed by atoms with Gasteiger partial charge in [-0.15, -0.1) is 0 Å². The zero-order valence-electron chi connectivity index (χ0n) is 11.4. The minimum absolute atomic E-state index is 0.171. The zero-order chi connectivity index (χ0) is 14.7. The second-order valence-corrected chi connectivity index (χ2v) is 4.00. The van der Waals surface area contributed by atoms with Crippen molar-refractivity contribution in [3.8, 4) is 16.9 Å². The molecule has 0 heterocycles. The molecule has 2 aliphatic rings. The molecule has 0 aromatic carbocycles. The number of carbonyl (C=O) groups is 2. The average Bonchev–Trinajstić information content (AvgIpc) is 2.62. The van der Waals surface area contributed by atoms with Gasteiger partial charge in [-0.1, -0.05) is 30.3 Å². The predicted molar refractivity (Wildman–Crippen MR) is 72.3 cm³/mol. The molecule has 5 heteroatoms. The van der Waals surface area contributed by atoms with E-state index in [4.69, 9.17) is 14.2 Å². The lowest BCUT2D eigenvalue weighted by Gasteiger charge is -2.04. The number of ether oxygens (including phenoxy) is 3. The molecule has 0 aliphatic heterocycles. The van der Waals surface area contributed by atoms with Gasteiger partial charge < -0.3 is 14.2 Å². The molecular weight excluding hydrogens is 260 g/mol. The highest BCUT2D eigenvalue weighted by atomic mass is 16.5. The minimum atomic E-state index is -0.562. The molecule has 0 N–H and O–H groups in total. The summed E-state index contributed by atoms with van der Waals surface area (Å²) < 4.78 is 14.8. The molecular formula is C15H14O5. The molecule has 0 unspecified atom stereocenters. The summed E-state index contributed by atoms with van der Waals surface area (Å²) in [5.41, 5.74) is 1.61. The first-order valence-electron chi connectivity index (χ1n) is 5.91. The summed E-state index contributed by atoms with van der Waals surface area (Å²) in [5, 5.41) is 0. The monoisotopic (exact) mass is 274 g/mol. The molecule has 0 spiro atoms. The lowest BCUT2D eigenvalue weighted by Crippen LogP contribution is -2.05. The molecule has 0 aromatic heterocycles. The van der Waals surface area contributed by atoms with Crippen LogP contribution >= 0.6 is 0 Å². The predicted octanol–water partition coefficient (Wildman–Crippen LogP) is 2.37. The zero-order valence-corrected chi connectivity index (χ0v) is 11.4. The second kappa shape index (κ2) is 5.61. The van der Waals surface area contributed by atoms with E-state index >= 15 is 0 Å². The Kier molecular flexibility index (Phi) is 3.89. The molecule has 0 saturated carbocycles. The van der Waals surface area contributed by atoms with E-state index in [0.717, 1.165) is 0 Å². The fourth-order valence-corrected chi connectivity index (χ4v) is 2.17. The van der Waals surface area contributed by atoms with Crippen LogP contribution in [0.4, 0.5) is 0 Å². The van der Waals surface area contributed by atoms with Crippen LogP contribution in [0.15, 0.2) is 30.3 Å². The summed E-state index contributed by atoms with van der Waals surface area (Å²) in [6.07, 6.45) is 0. The van der Waals surface area contributed by atoms with Crippen LogP contribution in [-0.4, -0.2) is 33.3 Å². The molecule has 2 rings (SSSR count). The van der Waals surface area contributed by atoms with Crippen molar-refractivity contribution in [2.24, 2.45) is 0 Å². The Labute approximate surface area is 116 Å². The highest BCUT2D eigenvalue weighted by molar-refractivity contribution is 6.12. The van der Waals surface area contributed by atoms with Crippen LogP contribution in [-0.2, 0) is 9.47 Å². The summed E-state index contributed by atoms with van der Waals surface area (Å²) in [4.78, 5) is 24.0. The van der Waals surface area contributed by atoms with Gasteiger partial charge in [0.05, 0.1) is 21.3 Å². The number of fused-ring (bicyclic) bond motifs is 1. The maximum absolute atomic E-state index is 12.0. The molecule has 5 nitrogen and oxygen atoms in total. The molecule has 0 fully saturated rings. The first-order valence-corrected chi connectivity index (χ1v) is 5.91. The summed E-state index contributed by atoms with van der Waals surface area (Å²) >= 11 is 0. The minimum Gasteiger partial charge on any atom is -0.495 e. The van der Waals surface area contributed by atoms with Crippen molar-refractivity contribution in [1.29, 1.82) is 0 Å². The second-order valence-electron chi connectivity index (χ2n) is 4.00. The van der Waals surface area contributed by atoms with Crippen LogP contribution in [0.3, 0.4) is 0 Å². The molecule has 0 saturated heterocycles. The van der Waals surface area contributed by atoms with Gasteiger partial charge in [0.15, 0.2) is 0 Å². The molecule has 0 atom stereocenters. The number of esters is 2. The van der Waals surface area contributed by atoms with Crippen molar-refractivity contribution in [2.75, 3.05) is 21.3 Å². The van der Waals surface area contributed by atoms with Crippen molar-refractivity contribution in [2.45, 2.75) is 0 Å². The van der Waals surface area contributed by atoms with E-state index in [1.165, 1.54) is 21.3 Å². The third-order valence-electron chi connectivity index (χ3n) is 3.01. The Balaban J connectivity index is 2.86. The number of carbonyl (C=O) groups excluding carboxylic acids is 2. The van der Waals surface area contributed by atoms with E-state index in [-0.39, 0.29) is 16.9 Å². The van der Waals surface area contributed by atoms with E-state index in [1.807, 2.05) is 0 Å². The Morgan fingerprint density at radius 1 is 0.800 bits per heavy atom. The van der Waals surface area contributed by atoms with Gasteiger partial charge in [-0.05, 0) is 0 Å². The van der Waals surface area contributed by atoms with Gasteiger partial charge in [0.1, 0.15) is 16.9 Å². The Morgan fingerprint density at radius 3 is 1.60 bits per heavy atom. The van der Waals surface area contributed by atoms with Gasteiger partial charge in [0.2, 0.25) is 0 Å². The normalized spacial score (nSPS) is 10.2. The highest BCUT2D eigenvalue weighted by Gasteiger charge is 2.32. The maximum Gasteiger partial charge on any atom is 0.342 e. The summed E-state index contributed by atoms with van der Waals surface area (Å²) in [6.45, 7) is 0. The third kappa shape index (κ3) is 2.07. The van der Waals surface area contributed by atoms with E-state index in [1.54, 1.807) is 30.3 Å². The van der Waals surface area contributed by atoms with Crippen LogP contribution in [0.1, 0.15) is 20.7 Å². The quantitative estimate of drug-likeness (QED) is 0.804. The Morgan fingerprint density at radius 2 is 1.25 bits per heavy atom. The molecule has 0 aromatic rings. The first kappa shape index (κ1) is 13.9. The van der Waals surface area contributed by atoms with Crippen LogP contribution in [0.5, 0.6) is 5.75 Å². The van der Waals surface area contributed by atoms with E-state index in [2.05, 4.69) is 0 Å². The van der Waals surface area contributed by atoms with Gasteiger partial charge >= 0.3 is 11.9 Å². The van der Waals surface area contributed by atoms with Crippen molar-refractivity contribution in [1.82, 2.24) is 0 Å². The summed E-state index contributed by atoms with van der Waals surface area (Å²) in [6, 6.07) is 8.81. The number of methoxy groups -OCH3 is 3. The van der Waals surface area contributed by atoms with Gasteiger partial charge in [-0.3, -0.25) is 0 Å². The summed E-state index contributed by atoms with van der Waals surface area (Å²) in [5.74, 6) is -0.952. The molecule has 0 bridgehead atoms. The number of hydrogen-bond acceptors (Lipinski definition) is 5. The van der Waals surface area contributed by atoms with Crippen molar-refractivity contribution in [3.05, 3.63) is 41.5 Å². The van der Waals surface area contributed by atoms with Gasteiger partial charge in [0.25, 0.3) is 0 Å². The van der Waals surface area contributed by atoms with Gasteiger partial charge in [-0.2, -0.15) is 0 Å². The SMILES string of the molecule is COC(=O)c1c2cccccc-2c(C(=O)OC)c1OC. The topological polar surface area (TPSA) is 61.8 Å². The van der Waals surface area contributed by atoms with Gasteiger partial charge in [-0.25, -0.2) is 9.59 Å². The molecule has 0 amide bonds. The van der Waals surface area contributed by atoms with Crippen LogP contribution in [0, 0.1) is 0 Å². The van der Waals surface area contributed by atoms with E-state index in [0.29, 0.717) is 11.1 Å². The Bertz CT molecular complexity index is 582. The molecule has 20 heavy (non-hydrogen) atoms. The van der Waals surface area contributed by atoms with Crippen molar-refractivity contribution in [3.63, 3.8) is 0 Å². The van der Waals surface area contributed by atoms with E-state index < -0.39 is 11.9 Å². The van der Waals surface area contributed by atoms with Crippen LogP contribution < -0.4 is 4.74 Å². The highest BCUT2D eigenvalue weighted by Crippen LogP contribution is 2.42. The fourth-order valence-electron chi connectivity index (χ4n) is 2.17. The maximum atomic E-state index is 12.0. The smallest absolute Gasteiger partial charge is 0.342 e. The van der Waals surface area contributed by atoms with Crippen LogP contribution in [0.25, 0.3) is 11.1 Å². The van der Waals surface area contributed by atoms with Crippen molar-refractivity contribution < 1.29 is 23.8 Å². The third-order valence-corrected chi connectivity index (χ3v) is 3.01. The molecule has 2 aliphatic carbocycles.